The van der Waals surface area contributed by atoms with Gasteiger partial charge >= 0.3 is 5.63 Å². The minimum atomic E-state index is -0.728. The zero-order valence-electron chi connectivity index (χ0n) is 18.4. The molecule has 0 aliphatic heterocycles. The number of para-hydroxylation sites is 1. The molecule has 2 aromatic carbocycles. The van der Waals surface area contributed by atoms with Gasteiger partial charge in [-0.05, 0) is 49.2 Å². The number of carbonyl (C=O) groups excluding carboxylic acids is 1. The number of imidazole rings is 1. The first kappa shape index (κ1) is 20.5. The second-order valence-corrected chi connectivity index (χ2v) is 7.86. The van der Waals surface area contributed by atoms with Crippen LogP contribution in [-0.4, -0.2) is 22.4 Å². The molecule has 3 aromatic heterocycles. The Morgan fingerprint density at radius 2 is 1.91 bits per heavy atom. The van der Waals surface area contributed by atoms with E-state index in [9.17, 15) is 9.59 Å². The number of aryl methyl sites for hydroxylation is 2. The SMILES string of the molecule is COc1cccc2cc(C(=O)Nc3cc(-c4cn5cccc(C)c5n4)ccc3C)c(=O)oc12. The molecule has 3 heterocycles. The molecule has 0 aliphatic carbocycles. The van der Waals surface area contributed by atoms with Gasteiger partial charge in [-0.2, -0.15) is 0 Å². The minimum absolute atomic E-state index is 0.0797. The molecule has 1 N–H and O–H groups in total. The highest BCUT2D eigenvalue weighted by molar-refractivity contribution is 6.06. The van der Waals surface area contributed by atoms with Crippen LogP contribution in [0.5, 0.6) is 5.75 Å². The van der Waals surface area contributed by atoms with E-state index in [0.717, 1.165) is 28.0 Å². The number of rotatable bonds is 4. The van der Waals surface area contributed by atoms with Crippen LogP contribution in [0.3, 0.4) is 0 Å². The standard InChI is InChI=1S/C26H21N3O4/c1-15-9-10-17(21-14-29-11-5-6-16(2)24(29)27-21)13-20(15)28-25(30)19-12-18-7-4-8-22(32-3)23(18)33-26(19)31/h4-14H,1-3H3,(H,28,30). The highest BCUT2D eigenvalue weighted by Gasteiger charge is 2.17. The van der Waals surface area contributed by atoms with Crippen molar-refractivity contribution in [2.24, 2.45) is 0 Å². The van der Waals surface area contributed by atoms with Crippen molar-refractivity contribution in [2.75, 3.05) is 12.4 Å². The quantitative estimate of drug-likeness (QED) is 0.399. The average molecular weight is 439 g/mol. The molecule has 5 aromatic rings. The van der Waals surface area contributed by atoms with Gasteiger partial charge < -0.3 is 18.9 Å². The van der Waals surface area contributed by atoms with Gasteiger partial charge in [0, 0.05) is 29.0 Å². The van der Waals surface area contributed by atoms with Gasteiger partial charge in [-0.1, -0.05) is 30.3 Å². The lowest BCUT2D eigenvalue weighted by atomic mass is 10.1. The van der Waals surface area contributed by atoms with E-state index in [1.54, 1.807) is 18.2 Å². The van der Waals surface area contributed by atoms with Gasteiger partial charge in [-0.3, -0.25) is 4.79 Å². The molecule has 0 bridgehead atoms. The van der Waals surface area contributed by atoms with Crippen molar-refractivity contribution in [3.05, 3.63) is 94.1 Å². The van der Waals surface area contributed by atoms with Crippen molar-refractivity contribution in [1.82, 2.24) is 9.38 Å². The summed E-state index contributed by atoms with van der Waals surface area (Å²) in [6.45, 7) is 3.90. The third-order valence-corrected chi connectivity index (χ3v) is 5.65. The summed E-state index contributed by atoms with van der Waals surface area (Å²) >= 11 is 0. The Hall–Kier alpha value is -4.39. The Morgan fingerprint density at radius 3 is 2.70 bits per heavy atom. The van der Waals surface area contributed by atoms with Gasteiger partial charge in [-0.25, -0.2) is 9.78 Å². The number of nitrogens with one attached hydrogen (secondary N) is 1. The van der Waals surface area contributed by atoms with Gasteiger partial charge in [0.2, 0.25) is 0 Å². The van der Waals surface area contributed by atoms with Gasteiger partial charge in [0.25, 0.3) is 5.91 Å². The summed E-state index contributed by atoms with van der Waals surface area (Å²) in [6.07, 6.45) is 3.90. The molecule has 0 atom stereocenters. The maximum Gasteiger partial charge on any atom is 0.349 e. The van der Waals surface area contributed by atoms with Crippen molar-refractivity contribution in [3.8, 4) is 17.0 Å². The van der Waals surface area contributed by atoms with Gasteiger partial charge in [0.05, 0.1) is 12.8 Å². The lowest BCUT2D eigenvalue weighted by Crippen LogP contribution is -2.21. The molecular weight excluding hydrogens is 418 g/mol. The molecule has 0 saturated heterocycles. The molecule has 1 amide bonds. The van der Waals surface area contributed by atoms with Crippen LogP contribution in [0, 0.1) is 13.8 Å². The number of amides is 1. The van der Waals surface area contributed by atoms with Crippen LogP contribution >= 0.6 is 0 Å². The van der Waals surface area contributed by atoms with Crippen molar-refractivity contribution in [3.63, 3.8) is 0 Å². The first-order chi connectivity index (χ1) is 15.9. The summed E-state index contributed by atoms with van der Waals surface area (Å²) in [5.41, 5.74) is 4.55. The number of benzene rings is 2. The van der Waals surface area contributed by atoms with Crippen molar-refractivity contribution in [2.45, 2.75) is 13.8 Å². The molecule has 0 aliphatic rings. The summed E-state index contributed by atoms with van der Waals surface area (Å²) in [7, 11) is 1.50. The fourth-order valence-corrected chi connectivity index (χ4v) is 3.84. The van der Waals surface area contributed by atoms with Gasteiger partial charge in [-0.15, -0.1) is 0 Å². The van der Waals surface area contributed by atoms with E-state index in [0.29, 0.717) is 22.4 Å². The summed E-state index contributed by atoms with van der Waals surface area (Å²) < 4.78 is 12.6. The van der Waals surface area contributed by atoms with Crippen LogP contribution in [-0.2, 0) is 0 Å². The van der Waals surface area contributed by atoms with Crippen LogP contribution < -0.4 is 15.7 Å². The smallest absolute Gasteiger partial charge is 0.349 e. The highest BCUT2D eigenvalue weighted by Crippen LogP contribution is 2.27. The number of ether oxygens (including phenoxy) is 1. The van der Waals surface area contributed by atoms with Crippen molar-refractivity contribution in [1.29, 1.82) is 0 Å². The molecule has 0 spiro atoms. The monoisotopic (exact) mass is 439 g/mol. The summed E-state index contributed by atoms with van der Waals surface area (Å²) in [4.78, 5) is 30.3. The summed E-state index contributed by atoms with van der Waals surface area (Å²) in [5, 5.41) is 3.45. The number of hydrogen-bond donors (Lipinski definition) is 1. The first-order valence-electron chi connectivity index (χ1n) is 10.4. The molecule has 0 fully saturated rings. The lowest BCUT2D eigenvalue weighted by Gasteiger charge is -2.10. The van der Waals surface area contributed by atoms with Crippen LogP contribution in [0.2, 0.25) is 0 Å². The topological polar surface area (TPSA) is 85.8 Å². The van der Waals surface area contributed by atoms with E-state index in [4.69, 9.17) is 14.1 Å². The van der Waals surface area contributed by atoms with Crippen LogP contribution in [0.15, 0.2) is 76.2 Å². The third kappa shape index (κ3) is 3.63. The van der Waals surface area contributed by atoms with Crippen LogP contribution in [0.25, 0.3) is 27.9 Å². The summed E-state index contributed by atoms with van der Waals surface area (Å²) in [5.74, 6) is -0.109. The molecule has 164 valence electrons. The molecular formula is C26H21N3O4. The Balaban J connectivity index is 1.50. The van der Waals surface area contributed by atoms with E-state index in [1.807, 2.05) is 61.0 Å². The predicted molar refractivity (Wildman–Crippen MR) is 127 cm³/mol. The van der Waals surface area contributed by atoms with E-state index in [-0.39, 0.29) is 5.56 Å². The predicted octanol–water partition coefficient (Wildman–Crippen LogP) is 4.99. The normalized spacial score (nSPS) is 11.1. The van der Waals surface area contributed by atoms with E-state index in [1.165, 1.54) is 13.2 Å². The average Bonchev–Trinajstić information content (AvgIpc) is 3.25. The van der Waals surface area contributed by atoms with Crippen molar-refractivity contribution >= 4 is 28.2 Å². The molecule has 33 heavy (non-hydrogen) atoms. The fraction of sp³-hybridized carbons (Fsp3) is 0.115. The molecule has 7 nitrogen and oxygen atoms in total. The number of nitrogens with zero attached hydrogens (tertiary/aromatic N) is 2. The molecule has 0 unspecified atom stereocenters. The maximum atomic E-state index is 13.0. The maximum absolute atomic E-state index is 13.0. The number of carbonyl (C=O) groups is 1. The Labute approximate surface area is 189 Å². The van der Waals surface area contributed by atoms with E-state index >= 15 is 0 Å². The molecule has 7 heteroatoms. The lowest BCUT2D eigenvalue weighted by molar-refractivity contribution is 0.102. The van der Waals surface area contributed by atoms with E-state index in [2.05, 4.69) is 5.32 Å². The summed E-state index contributed by atoms with van der Waals surface area (Å²) in [6, 6.07) is 16.5. The zero-order chi connectivity index (χ0) is 23.1. The number of methoxy groups -OCH3 is 1. The minimum Gasteiger partial charge on any atom is -0.493 e. The molecule has 5 rings (SSSR count). The second-order valence-electron chi connectivity index (χ2n) is 7.86. The second kappa shape index (κ2) is 7.94. The van der Waals surface area contributed by atoms with Gasteiger partial charge in [0.1, 0.15) is 11.2 Å². The highest BCUT2D eigenvalue weighted by atomic mass is 16.5. The third-order valence-electron chi connectivity index (χ3n) is 5.65. The number of pyridine rings is 1. The van der Waals surface area contributed by atoms with E-state index < -0.39 is 11.5 Å². The Bertz CT molecular complexity index is 1600. The number of hydrogen-bond acceptors (Lipinski definition) is 5. The van der Waals surface area contributed by atoms with Crippen LogP contribution in [0.4, 0.5) is 5.69 Å². The van der Waals surface area contributed by atoms with Crippen molar-refractivity contribution < 1.29 is 13.9 Å². The Morgan fingerprint density at radius 1 is 1.06 bits per heavy atom. The number of anilines is 1. The Kier molecular flexibility index (Phi) is 4.94. The molecule has 0 radical (unpaired) electrons. The first-order valence-corrected chi connectivity index (χ1v) is 10.4. The van der Waals surface area contributed by atoms with Crippen LogP contribution in [0.1, 0.15) is 21.5 Å². The fourth-order valence-electron chi connectivity index (χ4n) is 3.84. The zero-order valence-corrected chi connectivity index (χ0v) is 18.4. The largest absolute Gasteiger partial charge is 0.493 e. The number of aromatic nitrogens is 2. The molecule has 0 saturated carbocycles. The van der Waals surface area contributed by atoms with Gasteiger partial charge in [0.15, 0.2) is 11.3 Å². The number of fused-ring (bicyclic) bond motifs is 2.